The van der Waals surface area contributed by atoms with E-state index in [-0.39, 0.29) is 11.9 Å². The molecule has 0 aliphatic carbocycles. The van der Waals surface area contributed by atoms with Gasteiger partial charge < -0.3 is 4.90 Å². The SMILES string of the molecule is Cc1nccn1-c1cccc(C2CCCN2CC(=O)N2CCCC2)n1. The average molecular weight is 339 g/mol. The molecule has 1 atom stereocenters. The fraction of sp³-hybridized carbons (Fsp3) is 0.526. The molecule has 4 heterocycles. The molecule has 0 N–H and O–H groups in total. The van der Waals surface area contributed by atoms with Gasteiger partial charge in [-0.3, -0.25) is 14.3 Å². The summed E-state index contributed by atoms with van der Waals surface area (Å²) in [6, 6.07) is 6.37. The molecular weight excluding hydrogens is 314 g/mol. The summed E-state index contributed by atoms with van der Waals surface area (Å²) in [5.41, 5.74) is 1.05. The van der Waals surface area contributed by atoms with Crippen LogP contribution in [0.25, 0.3) is 5.82 Å². The number of nitrogens with zero attached hydrogens (tertiary/aromatic N) is 5. The summed E-state index contributed by atoms with van der Waals surface area (Å²) in [6.07, 6.45) is 8.19. The average Bonchev–Trinajstić information content (AvgIpc) is 3.36. The molecule has 2 saturated heterocycles. The summed E-state index contributed by atoms with van der Waals surface area (Å²) >= 11 is 0. The van der Waals surface area contributed by atoms with Gasteiger partial charge in [-0.25, -0.2) is 9.97 Å². The molecule has 1 unspecified atom stereocenters. The van der Waals surface area contributed by atoms with E-state index in [1.807, 2.05) is 28.7 Å². The zero-order valence-corrected chi connectivity index (χ0v) is 14.8. The Kier molecular flexibility index (Phi) is 4.53. The van der Waals surface area contributed by atoms with Gasteiger partial charge in [0.25, 0.3) is 0 Å². The van der Waals surface area contributed by atoms with Crippen LogP contribution in [-0.2, 0) is 4.79 Å². The number of rotatable bonds is 4. The van der Waals surface area contributed by atoms with E-state index < -0.39 is 0 Å². The largest absolute Gasteiger partial charge is 0.342 e. The minimum Gasteiger partial charge on any atom is -0.342 e. The topological polar surface area (TPSA) is 54.3 Å². The van der Waals surface area contributed by atoms with E-state index in [9.17, 15) is 4.79 Å². The lowest BCUT2D eigenvalue weighted by Gasteiger charge is -2.26. The Balaban J connectivity index is 1.52. The first-order chi connectivity index (χ1) is 12.2. The predicted octanol–water partition coefficient (Wildman–Crippen LogP) is 2.34. The first kappa shape index (κ1) is 16.3. The van der Waals surface area contributed by atoms with Crippen LogP contribution >= 0.6 is 0 Å². The van der Waals surface area contributed by atoms with Gasteiger partial charge in [-0.1, -0.05) is 6.07 Å². The maximum atomic E-state index is 12.5. The molecule has 2 aromatic heterocycles. The number of carbonyl (C=O) groups excluding carboxylic acids is 1. The van der Waals surface area contributed by atoms with Crippen molar-refractivity contribution in [1.29, 1.82) is 0 Å². The summed E-state index contributed by atoms with van der Waals surface area (Å²) in [5.74, 6) is 2.09. The molecule has 0 radical (unpaired) electrons. The molecule has 0 bridgehead atoms. The van der Waals surface area contributed by atoms with Gasteiger partial charge >= 0.3 is 0 Å². The maximum Gasteiger partial charge on any atom is 0.236 e. The lowest BCUT2D eigenvalue weighted by atomic mass is 10.1. The van der Waals surface area contributed by atoms with Crippen molar-refractivity contribution in [1.82, 2.24) is 24.3 Å². The first-order valence-corrected chi connectivity index (χ1v) is 9.21. The second-order valence-electron chi connectivity index (χ2n) is 6.98. The van der Waals surface area contributed by atoms with Crippen LogP contribution in [0.15, 0.2) is 30.6 Å². The van der Waals surface area contributed by atoms with Crippen LogP contribution in [0.4, 0.5) is 0 Å². The van der Waals surface area contributed by atoms with Gasteiger partial charge in [0.2, 0.25) is 5.91 Å². The van der Waals surface area contributed by atoms with Crippen molar-refractivity contribution < 1.29 is 4.79 Å². The number of aromatic nitrogens is 3. The highest BCUT2D eigenvalue weighted by atomic mass is 16.2. The van der Waals surface area contributed by atoms with Crippen molar-refractivity contribution in [2.45, 2.75) is 38.6 Å². The van der Waals surface area contributed by atoms with Crippen molar-refractivity contribution in [2.24, 2.45) is 0 Å². The summed E-state index contributed by atoms with van der Waals surface area (Å²) in [6.45, 7) is 5.31. The van der Waals surface area contributed by atoms with Crippen LogP contribution in [0.1, 0.15) is 43.2 Å². The third-order valence-electron chi connectivity index (χ3n) is 5.33. The highest BCUT2D eigenvalue weighted by Crippen LogP contribution is 2.31. The lowest BCUT2D eigenvalue weighted by Crippen LogP contribution is -2.38. The van der Waals surface area contributed by atoms with E-state index in [2.05, 4.69) is 22.0 Å². The molecule has 0 saturated carbocycles. The number of imidazole rings is 1. The van der Waals surface area contributed by atoms with Gasteiger partial charge in [-0.05, 0) is 51.3 Å². The van der Waals surface area contributed by atoms with E-state index in [4.69, 9.17) is 4.98 Å². The monoisotopic (exact) mass is 339 g/mol. The zero-order valence-electron chi connectivity index (χ0n) is 14.8. The Morgan fingerprint density at radius 1 is 1.20 bits per heavy atom. The molecule has 2 aliphatic heterocycles. The third kappa shape index (κ3) is 3.31. The highest BCUT2D eigenvalue weighted by Gasteiger charge is 2.30. The molecule has 4 rings (SSSR count). The minimum atomic E-state index is 0.232. The third-order valence-corrected chi connectivity index (χ3v) is 5.33. The number of amides is 1. The number of hydrogen-bond donors (Lipinski definition) is 0. The van der Waals surface area contributed by atoms with E-state index in [0.717, 1.165) is 62.7 Å². The van der Waals surface area contributed by atoms with Crippen molar-refractivity contribution >= 4 is 5.91 Å². The number of likely N-dealkylation sites (tertiary alicyclic amines) is 2. The number of pyridine rings is 1. The molecule has 2 aromatic rings. The second kappa shape index (κ2) is 6.96. The Labute approximate surface area is 148 Å². The maximum absolute atomic E-state index is 12.5. The molecule has 1 amide bonds. The smallest absolute Gasteiger partial charge is 0.236 e. The van der Waals surface area contributed by atoms with E-state index >= 15 is 0 Å². The molecule has 2 aliphatic rings. The molecule has 132 valence electrons. The van der Waals surface area contributed by atoms with Crippen LogP contribution in [0.2, 0.25) is 0 Å². The molecule has 0 aromatic carbocycles. The van der Waals surface area contributed by atoms with Gasteiger partial charge in [-0.15, -0.1) is 0 Å². The van der Waals surface area contributed by atoms with Crippen LogP contribution in [0, 0.1) is 6.92 Å². The van der Waals surface area contributed by atoms with Gasteiger partial charge in [-0.2, -0.15) is 0 Å². The second-order valence-corrected chi connectivity index (χ2v) is 6.98. The quantitative estimate of drug-likeness (QED) is 0.858. The number of carbonyl (C=O) groups is 1. The van der Waals surface area contributed by atoms with Crippen molar-refractivity contribution in [3.8, 4) is 5.82 Å². The Hall–Kier alpha value is -2.21. The fourth-order valence-electron chi connectivity index (χ4n) is 3.97. The van der Waals surface area contributed by atoms with Crippen LogP contribution in [-0.4, -0.2) is 56.4 Å². The Morgan fingerprint density at radius 3 is 2.80 bits per heavy atom. The molecule has 25 heavy (non-hydrogen) atoms. The van der Waals surface area contributed by atoms with Crippen LogP contribution in [0.3, 0.4) is 0 Å². The highest BCUT2D eigenvalue weighted by molar-refractivity contribution is 5.78. The Bertz CT molecular complexity index is 750. The van der Waals surface area contributed by atoms with Gasteiger partial charge in [0.15, 0.2) is 0 Å². The van der Waals surface area contributed by atoms with E-state index in [1.54, 1.807) is 6.20 Å². The van der Waals surface area contributed by atoms with Crippen molar-refractivity contribution in [2.75, 3.05) is 26.2 Å². The summed E-state index contributed by atoms with van der Waals surface area (Å²) in [5, 5.41) is 0. The van der Waals surface area contributed by atoms with Crippen molar-refractivity contribution in [3.63, 3.8) is 0 Å². The molecule has 2 fully saturated rings. The summed E-state index contributed by atoms with van der Waals surface area (Å²) in [4.78, 5) is 26.0. The van der Waals surface area contributed by atoms with Crippen LogP contribution < -0.4 is 0 Å². The minimum absolute atomic E-state index is 0.232. The number of aryl methyl sites for hydroxylation is 1. The molecule has 6 nitrogen and oxygen atoms in total. The predicted molar refractivity (Wildman–Crippen MR) is 95.5 cm³/mol. The van der Waals surface area contributed by atoms with E-state index in [0.29, 0.717) is 6.54 Å². The first-order valence-electron chi connectivity index (χ1n) is 9.21. The Morgan fingerprint density at radius 2 is 2.04 bits per heavy atom. The van der Waals surface area contributed by atoms with Crippen molar-refractivity contribution in [3.05, 3.63) is 42.1 Å². The van der Waals surface area contributed by atoms with Gasteiger partial charge in [0.05, 0.1) is 18.3 Å². The normalized spacial score (nSPS) is 21.2. The standard InChI is InChI=1S/C19H25N5O/c1-15-20-9-13-24(15)18-8-4-6-16(21-18)17-7-5-12-23(17)14-19(25)22-10-2-3-11-22/h4,6,8-9,13,17H,2-3,5,7,10-12,14H2,1H3. The van der Waals surface area contributed by atoms with Gasteiger partial charge in [0, 0.05) is 25.5 Å². The molecule has 0 spiro atoms. The molecular formula is C19H25N5O. The zero-order chi connectivity index (χ0) is 17.2. The summed E-state index contributed by atoms with van der Waals surface area (Å²) in [7, 11) is 0. The fourth-order valence-corrected chi connectivity index (χ4v) is 3.97. The lowest BCUT2D eigenvalue weighted by molar-refractivity contribution is -0.131. The number of hydrogen-bond acceptors (Lipinski definition) is 4. The molecule has 6 heteroatoms. The van der Waals surface area contributed by atoms with Gasteiger partial charge in [0.1, 0.15) is 11.6 Å². The summed E-state index contributed by atoms with van der Waals surface area (Å²) < 4.78 is 2.00. The van der Waals surface area contributed by atoms with E-state index in [1.165, 1.54) is 0 Å². The van der Waals surface area contributed by atoms with Crippen LogP contribution in [0.5, 0.6) is 0 Å².